The predicted molar refractivity (Wildman–Crippen MR) is 61.8 cm³/mol. The van der Waals surface area contributed by atoms with Crippen molar-refractivity contribution < 1.29 is 0 Å². The maximum absolute atomic E-state index is 5.12. The van der Waals surface area contributed by atoms with Gasteiger partial charge in [-0.15, -0.1) is 0 Å². The van der Waals surface area contributed by atoms with Crippen molar-refractivity contribution in [2.24, 2.45) is 16.1 Å². The fourth-order valence-electron chi connectivity index (χ4n) is 0.757. The zero-order chi connectivity index (χ0) is 10.7. The fourth-order valence-corrected chi connectivity index (χ4v) is 0.757. The van der Waals surface area contributed by atoms with Gasteiger partial charge in [0.05, 0.1) is 0 Å². The van der Waals surface area contributed by atoms with E-state index in [0.717, 1.165) is 0 Å². The summed E-state index contributed by atoms with van der Waals surface area (Å²) >= 11 is 0. The second-order valence-corrected chi connectivity index (χ2v) is 2.94. The van der Waals surface area contributed by atoms with Crippen LogP contribution in [0.25, 0.3) is 0 Å². The van der Waals surface area contributed by atoms with Gasteiger partial charge in [-0.05, 0) is 6.92 Å². The van der Waals surface area contributed by atoms with E-state index in [2.05, 4.69) is 24.9 Å². The highest BCUT2D eigenvalue weighted by Gasteiger charge is 2.07. The second kappa shape index (κ2) is 9.04. The Morgan fingerprint density at radius 3 is 2.15 bits per heavy atom. The van der Waals surface area contributed by atoms with Crippen LogP contribution >= 0.6 is 0 Å². The maximum atomic E-state index is 5.12. The van der Waals surface area contributed by atoms with E-state index in [9.17, 15) is 0 Å². The molecule has 0 aliphatic heterocycles. The van der Waals surface area contributed by atoms with E-state index >= 15 is 0 Å². The van der Waals surface area contributed by atoms with Crippen LogP contribution in [0, 0.1) is 5.41 Å². The molecule has 0 heterocycles. The Hall–Kier alpha value is -1.05. The summed E-state index contributed by atoms with van der Waals surface area (Å²) in [6.45, 7) is 10.2. The lowest BCUT2D eigenvalue weighted by atomic mass is 9.95. The van der Waals surface area contributed by atoms with Crippen molar-refractivity contribution in [3.8, 4) is 0 Å². The quantitative estimate of drug-likeness (QED) is 0.528. The molecule has 0 radical (unpaired) electrons. The second-order valence-electron chi connectivity index (χ2n) is 2.94. The minimum absolute atomic E-state index is 0.0221. The van der Waals surface area contributed by atoms with E-state index in [-0.39, 0.29) is 5.41 Å². The van der Waals surface area contributed by atoms with Crippen molar-refractivity contribution in [2.75, 3.05) is 0 Å². The molecular formula is C11H22N2. The molecule has 13 heavy (non-hydrogen) atoms. The minimum Gasteiger partial charge on any atom is -0.403 e. The molecule has 0 amide bonds. The molecule has 76 valence electrons. The van der Waals surface area contributed by atoms with Gasteiger partial charge in [0, 0.05) is 24.0 Å². The number of allylic oxidation sites excluding steroid dienone is 2. The zero-order valence-electron chi connectivity index (χ0n) is 9.41. The molecule has 0 aromatic heterocycles. The van der Waals surface area contributed by atoms with Gasteiger partial charge in [-0.1, -0.05) is 39.8 Å². The maximum Gasteiger partial charge on any atom is 0.0419 e. The number of nitrogens with zero attached hydrogens (tertiary/aromatic N) is 1. The number of rotatable bonds is 3. The molecule has 0 spiro atoms. The summed E-state index contributed by atoms with van der Waals surface area (Å²) in [6, 6.07) is 0. The third-order valence-corrected chi connectivity index (χ3v) is 1.18. The lowest BCUT2D eigenvalue weighted by molar-refractivity contribution is 0.692. The van der Waals surface area contributed by atoms with E-state index < -0.39 is 0 Å². The van der Waals surface area contributed by atoms with Gasteiger partial charge in [0.25, 0.3) is 0 Å². The molecule has 0 fully saturated rings. The number of aliphatic imine (C=N–C) groups is 1. The van der Waals surface area contributed by atoms with Gasteiger partial charge >= 0.3 is 0 Å². The largest absolute Gasteiger partial charge is 0.403 e. The average molecular weight is 182 g/mol. The van der Waals surface area contributed by atoms with Gasteiger partial charge in [0.2, 0.25) is 0 Å². The molecular weight excluding hydrogens is 160 g/mol. The molecule has 0 aliphatic rings. The highest BCUT2D eigenvalue weighted by Crippen LogP contribution is 2.13. The molecule has 0 aromatic carbocycles. The van der Waals surface area contributed by atoms with Crippen LogP contribution in [0.1, 0.15) is 34.6 Å². The lowest BCUT2D eigenvalue weighted by Gasteiger charge is -2.11. The summed E-state index contributed by atoms with van der Waals surface area (Å²) in [5.41, 5.74) is 5.14. The van der Waals surface area contributed by atoms with Crippen molar-refractivity contribution >= 4 is 6.21 Å². The third-order valence-electron chi connectivity index (χ3n) is 1.18. The van der Waals surface area contributed by atoms with Gasteiger partial charge < -0.3 is 5.73 Å². The van der Waals surface area contributed by atoms with Gasteiger partial charge in [-0.2, -0.15) is 0 Å². The van der Waals surface area contributed by atoms with E-state index in [0.29, 0.717) is 0 Å². The van der Waals surface area contributed by atoms with Crippen LogP contribution < -0.4 is 5.73 Å². The summed E-state index contributed by atoms with van der Waals surface area (Å²) < 4.78 is 0. The summed E-state index contributed by atoms with van der Waals surface area (Å²) in [5, 5.41) is 0. The van der Waals surface area contributed by atoms with Crippen molar-refractivity contribution in [1.29, 1.82) is 0 Å². The van der Waals surface area contributed by atoms with Crippen LogP contribution in [-0.2, 0) is 0 Å². The third kappa shape index (κ3) is 10.9. The molecule has 0 atom stereocenters. The lowest BCUT2D eigenvalue weighted by Crippen LogP contribution is -2.08. The Morgan fingerprint density at radius 2 is 1.77 bits per heavy atom. The summed E-state index contributed by atoms with van der Waals surface area (Å²) in [5.74, 6) is 0. The topological polar surface area (TPSA) is 38.4 Å². The van der Waals surface area contributed by atoms with Crippen molar-refractivity contribution in [3.63, 3.8) is 0 Å². The van der Waals surface area contributed by atoms with Crippen LogP contribution in [-0.4, -0.2) is 6.21 Å². The molecule has 2 heteroatoms. The Balaban J connectivity index is 0. The monoisotopic (exact) mass is 182 g/mol. The molecule has 0 saturated carbocycles. The SMILES string of the molecule is C/C=C/C(C)(C)C=N/C=C\N.CC. The van der Waals surface area contributed by atoms with Crippen LogP contribution in [0.4, 0.5) is 0 Å². The number of nitrogens with two attached hydrogens (primary N) is 1. The number of hydrogen-bond acceptors (Lipinski definition) is 2. The van der Waals surface area contributed by atoms with Gasteiger partial charge in [-0.3, -0.25) is 4.99 Å². The summed E-state index contributed by atoms with van der Waals surface area (Å²) in [7, 11) is 0. The highest BCUT2D eigenvalue weighted by molar-refractivity contribution is 5.67. The van der Waals surface area contributed by atoms with E-state index in [1.165, 1.54) is 6.20 Å². The summed E-state index contributed by atoms with van der Waals surface area (Å²) in [6.07, 6.45) is 8.95. The Bertz CT molecular complexity index is 177. The molecule has 2 nitrogen and oxygen atoms in total. The van der Waals surface area contributed by atoms with E-state index in [4.69, 9.17) is 5.73 Å². The van der Waals surface area contributed by atoms with E-state index in [1.54, 1.807) is 6.20 Å². The predicted octanol–water partition coefficient (Wildman–Crippen LogP) is 3.12. The molecule has 0 bridgehead atoms. The zero-order valence-corrected chi connectivity index (χ0v) is 9.41. The number of hydrogen-bond donors (Lipinski definition) is 1. The van der Waals surface area contributed by atoms with Crippen molar-refractivity contribution in [2.45, 2.75) is 34.6 Å². The van der Waals surface area contributed by atoms with Crippen LogP contribution in [0.2, 0.25) is 0 Å². The highest BCUT2D eigenvalue weighted by atomic mass is 14.7. The van der Waals surface area contributed by atoms with Crippen molar-refractivity contribution in [1.82, 2.24) is 0 Å². The first-order valence-corrected chi connectivity index (χ1v) is 4.67. The van der Waals surface area contributed by atoms with Gasteiger partial charge in [0.15, 0.2) is 0 Å². The van der Waals surface area contributed by atoms with Crippen molar-refractivity contribution in [3.05, 3.63) is 24.6 Å². The van der Waals surface area contributed by atoms with E-state index in [1.807, 2.05) is 33.1 Å². The molecule has 0 saturated heterocycles. The first kappa shape index (κ1) is 14.5. The smallest absolute Gasteiger partial charge is 0.0419 e. The average Bonchev–Trinajstić information content (AvgIpc) is 2.08. The first-order chi connectivity index (χ1) is 6.12. The minimum atomic E-state index is 0.0221. The molecule has 2 N–H and O–H groups in total. The molecule has 0 aromatic rings. The Kier molecular flexibility index (Phi) is 10.1. The molecule has 0 aliphatic carbocycles. The normalized spacial score (nSPS) is 12.4. The fraction of sp³-hybridized carbons (Fsp3) is 0.545. The molecule has 0 rings (SSSR count). The van der Waals surface area contributed by atoms with Crippen LogP contribution in [0.15, 0.2) is 29.5 Å². The molecule has 0 unspecified atom stereocenters. The van der Waals surface area contributed by atoms with Gasteiger partial charge in [0.1, 0.15) is 0 Å². The first-order valence-electron chi connectivity index (χ1n) is 4.67. The summed E-state index contributed by atoms with van der Waals surface area (Å²) in [4.78, 5) is 4.00. The van der Waals surface area contributed by atoms with Gasteiger partial charge in [-0.25, -0.2) is 0 Å². The Labute approximate surface area is 82.3 Å². The Morgan fingerprint density at radius 1 is 1.23 bits per heavy atom. The van der Waals surface area contributed by atoms with Crippen LogP contribution in [0.5, 0.6) is 0 Å². The standard InChI is InChI=1S/C9H16N2.C2H6/c1-4-5-9(2,3)8-11-7-6-10;1-2/h4-8H,10H2,1-3H3;1-2H3/b5-4+,7-6-,11-8?;. The van der Waals surface area contributed by atoms with Crippen LogP contribution in [0.3, 0.4) is 0 Å².